The first-order chi connectivity index (χ1) is 13.8. The van der Waals surface area contributed by atoms with Gasteiger partial charge in [-0.2, -0.15) is 0 Å². The average Bonchev–Trinajstić information content (AvgIpc) is 2.74. The van der Waals surface area contributed by atoms with E-state index in [4.69, 9.17) is 4.74 Å². The largest absolute Gasteiger partial charge is 0.492 e. The van der Waals surface area contributed by atoms with Crippen molar-refractivity contribution in [1.82, 2.24) is 15.5 Å². The van der Waals surface area contributed by atoms with Gasteiger partial charge >= 0.3 is 0 Å². The Balaban J connectivity index is 0.00000300. The fourth-order valence-electron chi connectivity index (χ4n) is 3.43. The molecular weight excluding hydrogens is 475 g/mol. The third-order valence-corrected chi connectivity index (χ3v) is 4.89. The fraction of sp³-hybridized carbons (Fsp3) is 0.435. The smallest absolute Gasteiger partial charge is 0.191 e. The number of nitrogens with one attached hydrogen (secondary N) is 2. The summed E-state index contributed by atoms with van der Waals surface area (Å²) in [5.74, 6) is 1.78. The zero-order chi connectivity index (χ0) is 19.4. The van der Waals surface area contributed by atoms with Crippen LogP contribution in [0.5, 0.6) is 5.75 Å². The highest BCUT2D eigenvalue weighted by Gasteiger charge is 2.19. The number of piperidine rings is 1. The number of aliphatic imine (C=N–C) groups is 1. The highest BCUT2D eigenvalue weighted by atomic mass is 127. The van der Waals surface area contributed by atoms with Crippen molar-refractivity contribution in [2.75, 3.05) is 32.8 Å². The van der Waals surface area contributed by atoms with E-state index in [1.807, 2.05) is 30.3 Å². The van der Waals surface area contributed by atoms with E-state index >= 15 is 0 Å². The van der Waals surface area contributed by atoms with Crippen LogP contribution < -0.4 is 15.4 Å². The Kier molecular flexibility index (Phi) is 10.9. The molecule has 6 heteroatoms. The Bertz CT molecular complexity index is 703. The second kappa shape index (κ2) is 13.4. The van der Waals surface area contributed by atoms with Crippen LogP contribution in [0.3, 0.4) is 0 Å². The van der Waals surface area contributed by atoms with Gasteiger partial charge in [0.25, 0.3) is 0 Å². The number of ether oxygens (including phenoxy) is 1. The standard InChI is InChI=1S/C23H32N4O.HI/c1-2-24-23(25-15-18-28-22-11-7-4-8-12-22)26-21-13-16-27(17-14-21)19-20-9-5-3-6-10-20;/h3-12,21H,2,13-19H2,1H3,(H2,24,25,26);1H. The van der Waals surface area contributed by atoms with Gasteiger partial charge in [0.1, 0.15) is 12.4 Å². The van der Waals surface area contributed by atoms with Crippen molar-refractivity contribution in [1.29, 1.82) is 0 Å². The fourth-order valence-corrected chi connectivity index (χ4v) is 3.43. The highest BCUT2D eigenvalue weighted by molar-refractivity contribution is 14.0. The molecule has 2 aromatic carbocycles. The van der Waals surface area contributed by atoms with Gasteiger partial charge in [-0.05, 0) is 37.5 Å². The lowest BCUT2D eigenvalue weighted by Crippen LogP contribution is -2.48. The lowest BCUT2D eigenvalue weighted by atomic mass is 10.0. The number of rotatable bonds is 8. The van der Waals surface area contributed by atoms with Crippen LogP contribution in [-0.2, 0) is 6.54 Å². The third-order valence-electron chi connectivity index (χ3n) is 4.89. The third kappa shape index (κ3) is 8.62. The zero-order valence-electron chi connectivity index (χ0n) is 17.2. The first kappa shape index (κ1) is 23.5. The molecule has 0 bridgehead atoms. The van der Waals surface area contributed by atoms with Crippen LogP contribution in [0.15, 0.2) is 65.7 Å². The van der Waals surface area contributed by atoms with Gasteiger partial charge in [-0.25, -0.2) is 4.99 Å². The van der Waals surface area contributed by atoms with E-state index in [0.29, 0.717) is 19.2 Å². The minimum Gasteiger partial charge on any atom is -0.492 e. The summed E-state index contributed by atoms with van der Waals surface area (Å²) in [4.78, 5) is 7.20. The molecule has 158 valence electrons. The van der Waals surface area contributed by atoms with E-state index in [9.17, 15) is 0 Å². The SMILES string of the molecule is CCNC(=NCCOc1ccccc1)NC1CCN(Cc2ccccc2)CC1.I. The van der Waals surface area contributed by atoms with Crippen molar-refractivity contribution >= 4 is 29.9 Å². The average molecular weight is 508 g/mol. The molecule has 0 spiro atoms. The van der Waals surface area contributed by atoms with Crippen LogP contribution >= 0.6 is 24.0 Å². The monoisotopic (exact) mass is 508 g/mol. The molecule has 0 aromatic heterocycles. The first-order valence-electron chi connectivity index (χ1n) is 10.3. The molecule has 1 fully saturated rings. The summed E-state index contributed by atoms with van der Waals surface area (Å²) in [5.41, 5.74) is 1.39. The molecule has 1 aliphatic heterocycles. The molecule has 3 rings (SSSR count). The predicted octanol–water partition coefficient (Wildman–Crippen LogP) is 3.90. The summed E-state index contributed by atoms with van der Waals surface area (Å²) >= 11 is 0. The normalized spacial score (nSPS) is 15.4. The lowest BCUT2D eigenvalue weighted by molar-refractivity contribution is 0.198. The summed E-state index contributed by atoms with van der Waals surface area (Å²) in [7, 11) is 0. The molecule has 1 heterocycles. The Morgan fingerprint density at radius 3 is 2.34 bits per heavy atom. The number of halogens is 1. The summed E-state index contributed by atoms with van der Waals surface area (Å²) in [5, 5.41) is 6.95. The van der Waals surface area contributed by atoms with Crippen molar-refractivity contribution in [3.05, 3.63) is 66.2 Å². The molecule has 0 atom stereocenters. The summed E-state index contributed by atoms with van der Waals surface area (Å²) in [6.07, 6.45) is 2.27. The van der Waals surface area contributed by atoms with E-state index < -0.39 is 0 Å². The highest BCUT2D eigenvalue weighted by Crippen LogP contribution is 2.14. The zero-order valence-corrected chi connectivity index (χ0v) is 19.5. The number of para-hydroxylation sites is 1. The molecule has 29 heavy (non-hydrogen) atoms. The van der Waals surface area contributed by atoms with Gasteiger partial charge in [-0.1, -0.05) is 48.5 Å². The van der Waals surface area contributed by atoms with Gasteiger partial charge < -0.3 is 15.4 Å². The van der Waals surface area contributed by atoms with Crippen molar-refractivity contribution in [2.45, 2.75) is 32.4 Å². The van der Waals surface area contributed by atoms with Crippen LogP contribution in [0.4, 0.5) is 0 Å². The lowest BCUT2D eigenvalue weighted by Gasteiger charge is -2.33. The molecule has 0 radical (unpaired) electrons. The Hall–Kier alpha value is -1.80. The van der Waals surface area contributed by atoms with E-state index in [0.717, 1.165) is 50.7 Å². The Morgan fingerprint density at radius 1 is 1.03 bits per heavy atom. The maximum atomic E-state index is 5.73. The molecule has 0 unspecified atom stereocenters. The maximum absolute atomic E-state index is 5.73. The van der Waals surface area contributed by atoms with Crippen LogP contribution in [0.1, 0.15) is 25.3 Å². The quantitative estimate of drug-likeness (QED) is 0.246. The second-order valence-corrected chi connectivity index (χ2v) is 7.10. The predicted molar refractivity (Wildman–Crippen MR) is 131 cm³/mol. The van der Waals surface area contributed by atoms with Gasteiger partial charge in [0.05, 0.1) is 6.54 Å². The second-order valence-electron chi connectivity index (χ2n) is 7.10. The van der Waals surface area contributed by atoms with Gasteiger partial charge in [-0.15, -0.1) is 24.0 Å². The number of hydrogen-bond acceptors (Lipinski definition) is 3. The number of benzene rings is 2. The van der Waals surface area contributed by atoms with E-state index in [1.54, 1.807) is 0 Å². The van der Waals surface area contributed by atoms with Crippen LogP contribution in [0.2, 0.25) is 0 Å². The molecule has 0 amide bonds. The molecule has 1 saturated heterocycles. The van der Waals surface area contributed by atoms with E-state index in [1.165, 1.54) is 5.56 Å². The first-order valence-corrected chi connectivity index (χ1v) is 10.3. The van der Waals surface area contributed by atoms with Gasteiger partial charge in [0, 0.05) is 32.2 Å². The minimum atomic E-state index is 0. The van der Waals surface area contributed by atoms with Crippen LogP contribution in [0, 0.1) is 0 Å². The molecule has 2 N–H and O–H groups in total. The molecule has 2 aromatic rings. The number of guanidine groups is 1. The maximum Gasteiger partial charge on any atom is 0.191 e. The molecule has 0 saturated carbocycles. The van der Waals surface area contributed by atoms with Gasteiger partial charge in [0.2, 0.25) is 0 Å². The summed E-state index contributed by atoms with van der Waals surface area (Å²) in [6.45, 7) is 7.44. The van der Waals surface area contributed by atoms with Crippen molar-refractivity contribution in [3.8, 4) is 5.75 Å². The molecular formula is C23H33IN4O. The Labute approximate surface area is 192 Å². The van der Waals surface area contributed by atoms with E-state index in [2.05, 4.69) is 57.8 Å². The van der Waals surface area contributed by atoms with Gasteiger partial charge in [0.15, 0.2) is 5.96 Å². The van der Waals surface area contributed by atoms with Crippen LogP contribution in [-0.4, -0.2) is 49.7 Å². The molecule has 0 aliphatic carbocycles. The van der Waals surface area contributed by atoms with Gasteiger partial charge in [-0.3, -0.25) is 4.90 Å². The summed E-state index contributed by atoms with van der Waals surface area (Å²) in [6, 6.07) is 21.1. The van der Waals surface area contributed by atoms with E-state index in [-0.39, 0.29) is 24.0 Å². The van der Waals surface area contributed by atoms with Crippen molar-refractivity contribution in [3.63, 3.8) is 0 Å². The number of nitrogens with zero attached hydrogens (tertiary/aromatic N) is 2. The topological polar surface area (TPSA) is 48.9 Å². The van der Waals surface area contributed by atoms with Crippen molar-refractivity contribution < 1.29 is 4.74 Å². The van der Waals surface area contributed by atoms with Crippen molar-refractivity contribution in [2.24, 2.45) is 4.99 Å². The molecule has 5 nitrogen and oxygen atoms in total. The Morgan fingerprint density at radius 2 is 1.69 bits per heavy atom. The minimum absolute atomic E-state index is 0. The molecule has 1 aliphatic rings. The van der Waals surface area contributed by atoms with Crippen LogP contribution in [0.25, 0.3) is 0 Å². The number of likely N-dealkylation sites (tertiary alicyclic amines) is 1. The summed E-state index contributed by atoms with van der Waals surface area (Å²) < 4.78 is 5.73. The number of hydrogen-bond donors (Lipinski definition) is 2.